The van der Waals surface area contributed by atoms with E-state index in [4.69, 9.17) is 0 Å². The van der Waals surface area contributed by atoms with E-state index >= 15 is 0 Å². The fraction of sp³-hybridized carbons (Fsp3) is 0.526. The van der Waals surface area contributed by atoms with Gasteiger partial charge in [-0.2, -0.15) is 5.10 Å². The topological polar surface area (TPSA) is 53.0 Å². The van der Waals surface area contributed by atoms with Gasteiger partial charge in [0.15, 0.2) is 0 Å². The van der Waals surface area contributed by atoms with Gasteiger partial charge in [0.2, 0.25) is 5.91 Å². The molecule has 0 unspecified atom stereocenters. The summed E-state index contributed by atoms with van der Waals surface area (Å²) < 4.78 is 0. The van der Waals surface area contributed by atoms with Crippen molar-refractivity contribution in [2.45, 2.75) is 45.6 Å². The highest BCUT2D eigenvalue weighted by atomic mass is 16.2. The highest BCUT2D eigenvalue weighted by molar-refractivity contribution is 6.39. The maximum absolute atomic E-state index is 12.8. The molecule has 0 radical (unpaired) electrons. The Bertz CT molecular complexity index is 627. The van der Waals surface area contributed by atoms with Gasteiger partial charge in [-0.05, 0) is 30.7 Å². The molecule has 0 bridgehead atoms. The summed E-state index contributed by atoms with van der Waals surface area (Å²) in [5, 5.41) is 5.84. The van der Waals surface area contributed by atoms with Gasteiger partial charge in [-0.1, -0.05) is 37.3 Å². The second-order valence-corrected chi connectivity index (χ2v) is 6.81. The summed E-state index contributed by atoms with van der Waals surface area (Å²) in [6, 6.07) is 9.76. The van der Waals surface area contributed by atoms with Gasteiger partial charge in [0, 0.05) is 25.9 Å². The molecule has 1 saturated heterocycles. The Morgan fingerprint density at radius 2 is 1.96 bits per heavy atom. The number of rotatable bonds is 3. The first kappa shape index (κ1) is 16.7. The van der Waals surface area contributed by atoms with E-state index in [1.807, 2.05) is 35.2 Å². The molecule has 128 valence electrons. The Morgan fingerprint density at radius 3 is 2.75 bits per heavy atom. The van der Waals surface area contributed by atoms with E-state index in [-0.39, 0.29) is 11.8 Å². The van der Waals surface area contributed by atoms with Crippen LogP contribution in [-0.2, 0) is 16.1 Å². The third-order valence-electron chi connectivity index (χ3n) is 4.83. The van der Waals surface area contributed by atoms with E-state index < -0.39 is 0 Å². The average Bonchev–Trinajstić information content (AvgIpc) is 2.82. The first-order valence-corrected chi connectivity index (χ1v) is 8.84. The van der Waals surface area contributed by atoms with Crippen LogP contribution in [0.25, 0.3) is 0 Å². The Kier molecular flexibility index (Phi) is 5.28. The summed E-state index contributed by atoms with van der Waals surface area (Å²) in [6.07, 6.45) is 4.09. The fourth-order valence-electron chi connectivity index (χ4n) is 3.28. The molecule has 2 aliphatic heterocycles. The van der Waals surface area contributed by atoms with Gasteiger partial charge in [0.05, 0.1) is 6.54 Å². The summed E-state index contributed by atoms with van der Waals surface area (Å²) in [5.41, 5.74) is 1.55. The van der Waals surface area contributed by atoms with Gasteiger partial charge in [0.1, 0.15) is 5.71 Å². The highest BCUT2D eigenvalue weighted by Crippen LogP contribution is 2.19. The predicted molar refractivity (Wildman–Crippen MR) is 93.3 cm³/mol. The van der Waals surface area contributed by atoms with Gasteiger partial charge in [-0.25, -0.2) is 5.01 Å². The number of hydrogen-bond donors (Lipinski definition) is 0. The minimum absolute atomic E-state index is 0.00895. The second kappa shape index (κ2) is 7.60. The monoisotopic (exact) mass is 327 g/mol. The maximum atomic E-state index is 12.8. The quantitative estimate of drug-likeness (QED) is 0.857. The van der Waals surface area contributed by atoms with Crippen molar-refractivity contribution >= 4 is 17.5 Å². The number of carbonyl (C=O) groups is 2. The van der Waals surface area contributed by atoms with Crippen LogP contribution in [0.5, 0.6) is 0 Å². The summed E-state index contributed by atoms with van der Waals surface area (Å²) >= 11 is 0. The molecule has 5 nitrogen and oxygen atoms in total. The largest absolute Gasteiger partial charge is 0.338 e. The van der Waals surface area contributed by atoms with Crippen LogP contribution in [0.2, 0.25) is 0 Å². The van der Waals surface area contributed by atoms with Crippen LogP contribution >= 0.6 is 0 Å². The van der Waals surface area contributed by atoms with Gasteiger partial charge >= 0.3 is 0 Å². The van der Waals surface area contributed by atoms with Crippen molar-refractivity contribution in [2.24, 2.45) is 11.0 Å². The second-order valence-electron chi connectivity index (χ2n) is 6.81. The number of hydrazone groups is 1. The van der Waals surface area contributed by atoms with Gasteiger partial charge < -0.3 is 4.90 Å². The van der Waals surface area contributed by atoms with Crippen molar-refractivity contribution in [3.8, 4) is 0 Å². The molecular weight excluding hydrogens is 302 g/mol. The lowest BCUT2D eigenvalue weighted by atomic mass is 10.0. The molecule has 24 heavy (non-hydrogen) atoms. The molecule has 5 heteroatoms. The van der Waals surface area contributed by atoms with Crippen LogP contribution in [0.4, 0.5) is 0 Å². The van der Waals surface area contributed by atoms with Crippen LogP contribution in [0.1, 0.15) is 44.6 Å². The molecular formula is C19H25N3O2. The first-order chi connectivity index (χ1) is 11.6. The predicted octanol–water partition coefficient (Wildman–Crippen LogP) is 2.81. The lowest BCUT2D eigenvalue weighted by Crippen LogP contribution is -2.41. The molecule has 2 heterocycles. The smallest absolute Gasteiger partial charge is 0.270 e. The number of benzene rings is 1. The molecule has 0 N–H and O–H groups in total. The third kappa shape index (κ3) is 4.02. The van der Waals surface area contributed by atoms with Gasteiger partial charge in [0.25, 0.3) is 5.91 Å². The zero-order chi connectivity index (χ0) is 16.9. The van der Waals surface area contributed by atoms with Crippen molar-refractivity contribution < 1.29 is 9.59 Å². The Morgan fingerprint density at radius 1 is 1.17 bits per heavy atom. The van der Waals surface area contributed by atoms with Crippen LogP contribution in [-0.4, -0.2) is 40.5 Å². The van der Waals surface area contributed by atoms with Crippen LogP contribution in [0.15, 0.2) is 35.4 Å². The van der Waals surface area contributed by atoms with Crippen molar-refractivity contribution in [3.63, 3.8) is 0 Å². The lowest BCUT2D eigenvalue weighted by molar-refractivity contribution is -0.132. The highest BCUT2D eigenvalue weighted by Gasteiger charge is 2.28. The zero-order valence-electron chi connectivity index (χ0n) is 14.3. The zero-order valence-corrected chi connectivity index (χ0v) is 14.3. The standard InChI is InChI=1S/C19H25N3O2/c1-15-6-5-12-21(13-11-15)19(24)17-9-10-18(23)22(20-17)14-16-7-3-2-4-8-16/h2-4,7-8,15H,5-6,9-14H2,1H3/t15-/m0/s1. The SMILES string of the molecule is C[C@H]1CCCN(C(=O)C2=NN(Cc3ccccc3)C(=O)CC2)CC1. The molecule has 0 aromatic heterocycles. The number of likely N-dealkylation sites (tertiary alicyclic amines) is 1. The van der Waals surface area contributed by atoms with E-state index in [9.17, 15) is 9.59 Å². The molecule has 1 aromatic rings. The summed E-state index contributed by atoms with van der Waals surface area (Å²) in [7, 11) is 0. The minimum Gasteiger partial charge on any atom is -0.338 e. The summed E-state index contributed by atoms with van der Waals surface area (Å²) in [4.78, 5) is 26.8. The van der Waals surface area contributed by atoms with E-state index in [1.165, 1.54) is 11.4 Å². The van der Waals surface area contributed by atoms with Crippen molar-refractivity contribution in [1.29, 1.82) is 0 Å². The van der Waals surface area contributed by atoms with Crippen LogP contribution < -0.4 is 0 Å². The molecule has 1 fully saturated rings. The van der Waals surface area contributed by atoms with E-state index in [2.05, 4.69) is 12.0 Å². The Labute approximate surface area is 143 Å². The molecule has 3 rings (SSSR count). The number of carbonyl (C=O) groups excluding carboxylic acids is 2. The molecule has 0 saturated carbocycles. The molecule has 0 aliphatic carbocycles. The average molecular weight is 327 g/mol. The lowest BCUT2D eigenvalue weighted by Gasteiger charge is -2.26. The normalized spacial score (nSPS) is 22.1. The fourth-order valence-corrected chi connectivity index (χ4v) is 3.28. The van der Waals surface area contributed by atoms with E-state index in [0.29, 0.717) is 31.0 Å². The summed E-state index contributed by atoms with van der Waals surface area (Å²) in [6.45, 7) is 4.26. The third-order valence-corrected chi connectivity index (χ3v) is 4.83. The molecule has 1 atom stereocenters. The molecule has 2 amide bonds. The van der Waals surface area contributed by atoms with E-state index in [1.54, 1.807) is 0 Å². The molecule has 2 aliphatic rings. The number of hydrogen-bond acceptors (Lipinski definition) is 3. The van der Waals surface area contributed by atoms with Crippen molar-refractivity contribution in [2.75, 3.05) is 13.1 Å². The number of nitrogens with zero attached hydrogens (tertiary/aromatic N) is 3. The Balaban J connectivity index is 1.71. The molecule has 1 aromatic carbocycles. The Hall–Kier alpha value is -2.17. The van der Waals surface area contributed by atoms with Gasteiger partial charge in [-0.15, -0.1) is 0 Å². The van der Waals surface area contributed by atoms with Crippen LogP contribution in [0.3, 0.4) is 0 Å². The van der Waals surface area contributed by atoms with Crippen LogP contribution in [0, 0.1) is 5.92 Å². The van der Waals surface area contributed by atoms with Gasteiger partial charge in [-0.3, -0.25) is 9.59 Å². The van der Waals surface area contributed by atoms with Crippen molar-refractivity contribution in [3.05, 3.63) is 35.9 Å². The summed E-state index contributed by atoms with van der Waals surface area (Å²) in [5.74, 6) is 0.668. The minimum atomic E-state index is -0.0140. The first-order valence-electron chi connectivity index (χ1n) is 8.84. The van der Waals surface area contributed by atoms with E-state index in [0.717, 1.165) is 31.5 Å². The maximum Gasteiger partial charge on any atom is 0.270 e. The molecule has 0 spiro atoms. The van der Waals surface area contributed by atoms with Crippen molar-refractivity contribution in [1.82, 2.24) is 9.91 Å². The number of amides is 2.